The molecule has 2 aromatic rings. The van der Waals surface area contributed by atoms with Gasteiger partial charge in [0, 0.05) is 0 Å². The fraction of sp³-hybridized carbons (Fsp3) is 0.556. The predicted octanol–water partition coefficient (Wildman–Crippen LogP) is 7.75. The lowest BCUT2D eigenvalue weighted by molar-refractivity contribution is 0.0145. The maximum atomic E-state index is 12.6. The highest BCUT2D eigenvalue weighted by molar-refractivity contribution is 6.03. The molecule has 45 heavy (non-hydrogen) atoms. The second-order valence-corrected chi connectivity index (χ2v) is 10.8. The van der Waals surface area contributed by atoms with E-state index in [0.29, 0.717) is 13.2 Å². The number of carbonyl (C=O) groups is 4. The lowest BCUT2D eigenvalue weighted by Gasteiger charge is -2.11. The zero-order valence-corrected chi connectivity index (χ0v) is 27.0. The molecule has 0 aliphatic rings. The Morgan fingerprint density at radius 2 is 0.689 bits per heavy atom. The van der Waals surface area contributed by atoms with Gasteiger partial charge in [-0.25, -0.2) is 19.2 Å². The molecule has 248 valence electrons. The second-order valence-electron chi connectivity index (χ2n) is 10.8. The minimum Gasteiger partial charge on any atom is -0.462 e. The van der Waals surface area contributed by atoms with Crippen LogP contribution in [0.1, 0.15) is 132 Å². The number of esters is 4. The van der Waals surface area contributed by atoms with Crippen LogP contribution < -0.4 is 0 Å². The fourth-order valence-electron chi connectivity index (χ4n) is 4.57. The summed E-state index contributed by atoms with van der Waals surface area (Å²) in [6, 6.07) is 12.8. The lowest BCUT2D eigenvalue weighted by Crippen LogP contribution is -2.18. The molecule has 0 saturated heterocycles. The van der Waals surface area contributed by atoms with Crippen LogP contribution in [0, 0.1) is 0 Å². The lowest BCUT2D eigenvalue weighted by atomic mass is 10.1. The van der Waals surface area contributed by atoms with Crippen LogP contribution in [0.5, 0.6) is 0 Å². The van der Waals surface area contributed by atoms with Crippen molar-refractivity contribution in [1.29, 1.82) is 0 Å². The summed E-state index contributed by atoms with van der Waals surface area (Å²) >= 11 is 0. The zero-order chi connectivity index (χ0) is 32.5. The average molecular weight is 627 g/mol. The van der Waals surface area contributed by atoms with E-state index in [1.165, 1.54) is 50.7 Å². The molecule has 0 radical (unpaired) electrons. The summed E-state index contributed by atoms with van der Waals surface area (Å²) in [4.78, 5) is 50.3. The number of carbonyl (C=O) groups excluding carboxylic acids is 4. The Balaban J connectivity index is 1.67. The van der Waals surface area contributed by atoms with E-state index in [0.717, 1.165) is 38.5 Å². The predicted molar refractivity (Wildman–Crippen MR) is 172 cm³/mol. The highest BCUT2D eigenvalue weighted by atomic mass is 16.6. The third-order valence-electron chi connectivity index (χ3n) is 7.12. The molecule has 0 bridgehead atoms. The Morgan fingerprint density at radius 3 is 1.02 bits per heavy atom. The summed E-state index contributed by atoms with van der Waals surface area (Å²) in [5.74, 6) is -2.42. The Hall–Kier alpha value is -3.72. The standard InChI is InChI=1S/C36H50O9/c1-3-5-7-9-11-17-23-42-33(37)29-19-13-15-21-31(29)35(39)44-27-25-41-26-28-45-36(40)32-22-16-14-20-30(32)34(38)43-24-18-12-10-8-6-4-2/h13-16,19-22H,3-12,17-18,23-28H2,1-2H3. The van der Waals surface area contributed by atoms with Crippen LogP contribution in [0.3, 0.4) is 0 Å². The topological polar surface area (TPSA) is 114 Å². The van der Waals surface area contributed by atoms with Gasteiger partial charge in [0.05, 0.1) is 48.7 Å². The van der Waals surface area contributed by atoms with Crippen molar-refractivity contribution >= 4 is 23.9 Å². The van der Waals surface area contributed by atoms with Gasteiger partial charge < -0.3 is 23.7 Å². The van der Waals surface area contributed by atoms with E-state index in [2.05, 4.69) is 13.8 Å². The van der Waals surface area contributed by atoms with E-state index in [1.54, 1.807) is 36.4 Å². The summed E-state index contributed by atoms with van der Waals surface area (Å²) < 4.78 is 26.7. The molecule has 2 aromatic carbocycles. The monoisotopic (exact) mass is 626 g/mol. The van der Waals surface area contributed by atoms with E-state index in [-0.39, 0.29) is 48.7 Å². The van der Waals surface area contributed by atoms with Crippen molar-refractivity contribution in [2.24, 2.45) is 0 Å². The first-order chi connectivity index (χ1) is 22.0. The van der Waals surface area contributed by atoms with E-state index >= 15 is 0 Å². The van der Waals surface area contributed by atoms with Crippen LogP contribution in [0.15, 0.2) is 48.5 Å². The van der Waals surface area contributed by atoms with Gasteiger partial charge in [0.1, 0.15) is 13.2 Å². The van der Waals surface area contributed by atoms with Gasteiger partial charge in [0.2, 0.25) is 0 Å². The van der Waals surface area contributed by atoms with Gasteiger partial charge in [0.25, 0.3) is 0 Å². The van der Waals surface area contributed by atoms with Crippen LogP contribution in [0.4, 0.5) is 0 Å². The van der Waals surface area contributed by atoms with Crippen molar-refractivity contribution in [3.8, 4) is 0 Å². The molecule has 0 aliphatic heterocycles. The van der Waals surface area contributed by atoms with Gasteiger partial charge >= 0.3 is 23.9 Å². The molecule has 0 atom stereocenters. The number of ether oxygens (including phenoxy) is 5. The summed E-state index contributed by atoms with van der Waals surface area (Å²) in [7, 11) is 0. The van der Waals surface area contributed by atoms with Crippen LogP contribution >= 0.6 is 0 Å². The van der Waals surface area contributed by atoms with E-state index in [1.807, 2.05) is 0 Å². The number of benzene rings is 2. The molecule has 0 aliphatic carbocycles. The second kappa shape index (κ2) is 23.6. The highest BCUT2D eigenvalue weighted by Gasteiger charge is 2.20. The number of rotatable bonds is 24. The Labute approximate surface area is 267 Å². The van der Waals surface area contributed by atoms with Gasteiger partial charge in [-0.1, -0.05) is 102 Å². The first kappa shape index (κ1) is 37.5. The van der Waals surface area contributed by atoms with Crippen molar-refractivity contribution in [1.82, 2.24) is 0 Å². The maximum absolute atomic E-state index is 12.6. The summed E-state index contributed by atoms with van der Waals surface area (Å²) in [6.07, 6.45) is 12.9. The number of unbranched alkanes of at least 4 members (excludes halogenated alkanes) is 10. The molecule has 0 fully saturated rings. The average Bonchev–Trinajstić information content (AvgIpc) is 3.06. The van der Waals surface area contributed by atoms with Crippen LogP contribution in [-0.2, 0) is 23.7 Å². The highest BCUT2D eigenvalue weighted by Crippen LogP contribution is 2.15. The summed E-state index contributed by atoms with van der Waals surface area (Å²) in [6.45, 7) is 4.97. The quantitative estimate of drug-likeness (QED) is 0.0655. The molecule has 2 rings (SSSR count). The van der Waals surface area contributed by atoms with E-state index < -0.39 is 23.9 Å². The number of hydrogen-bond donors (Lipinski definition) is 0. The molecule has 9 nitrogen and oxygen atoms in total. The van der Waals surface area contributed by atoms with Crippen molar-refractivity contribution in [3.63, 3.8) is 0 Å². The molecular weight excluding hydrogens is 576 g/mol. The molecule has 0 unspecified atom stereocenters. The van der Waals surface area contributed by atoms with Gasteiger partial charge in [-0.15, -0.1) is 0 Å². The van der Waals surface area contributed by atoms with E-state index in [9.17, 15) is 19.2 Å². The van der Waals surface area contributed by atoms with Crippen LogP contribution in [-0.4, -0.2) is 63.5 Å². The largest absolute Gasteiger partial charge is 0.462 e. The Kier molecular flexibility index (Phi) is 19.7. The third-order valence-corrected chi connectivity index (χ3v) is 7.12. The summed E-state index contributed by atoms with van der Waals surface area (Å²) in [5, 5.41) is 0. The molecule has 0 amide bonds. The smallest absolute Gasteiger partial charge is 0.339 e. The van der Waals surface area contributed by atoms with Crippen molar-refractivity contribution in [3.05, 3.63) is 70.8 Å². The van der Waals surface area contributed by atoms with Gasteiger partial charge in [0.15, 0.2) is 0 Å². The minimum absolute atomic E-state index is 0.0544. The Morgan fingerprint density at radius 1 is 0.400 bits per heavy atom. The summed E-state index contributed by atoms with van der Waals surface area (Å²) in [5.41, 5.74) is 0.577. The zero-order valence-electron chi connectivity index (χ0n) is 27.0. The van der Waals surface area contributed by atoms with Gasteiger partial charge in [-0.05, 0) is 37.1 Å². The normalized spacial score (nSPS) is 10.7. The molecule has 0 spiro atoms. The Bertz CT molecular complexity index is 1070. The third kappa shape index (κ3) is 15.2. The molecule has 0 aromatic heterocycles. The van der Waals surface area contributed by atoms with Gasteiger partial charge in [-0.2, -0.15) is 0 Å². The van der Waals surface area contributed by atoms with E-state index in [4.69, 9.17) is 23.7 Å². The molecule has 0 saturated carbocycles. The molecular formula is C36H50O9. The van der Waals surface area contributed by atoms with Crippen molar-refractivity contribution < 1.29 is 42.9 Å². The van der Waals surface area contributed by atoms with Crippen molar-refractivity contribution in [2.75, 3.05) is 39.6 Å². The first-order valence-corrected chi connectivity index (χ1v) is 16.4. The van der Waals surface area contributed by atoms with Crippen LogP contribution in [0.2, 0.25) is 0 Å². The fourth-order valence-corrected chi connectivity index (χ4v) is 4.57. The van der Waals surface area contributed by atoms with Crippen molar-refractivity contribution in [2.45, 2.75) is 90.9 Å². The van der Waals surface area contributed by atoms with Crippen LogP contribution in [0.25, 0.3) is 0 Å². The number of hydrogen-bond acceptors (Lipinski definition) is 9. The maximum Gasteiger partial charge on any atom is 0.339 e. The molecule has 9 heteroatoms. The molecule has 0 heterocycles. The first-order valence-electron chi connectivity index (χ1n) is 16.4. The minimum atomic E-state index is -0.655. The SMILES string of the molecule is CCCCCCCCOC(=O)c1ccccc1C(=O)OCCOCCOC(=O)c1ccccc1C(=O)OCCCCCCCC. The molecule has 0 N–H and O–H groups in total. The van der Waals surface area contributed by atoms with Gasteiger partial charge in [-0.3, -0.25) is 0 Å².